The average Bonchev–Trinajstić information content (AvgIpc) is 2.67. The number of ether oxygens (including phenoxy) is 1. The Morgan fingerprint density at radius 1 is 1.25 bits per heavy atom. The molecule has 0 bridgehead atoms. The average molecular weight is 485 g/mol. The molecule has 14 heteroatoms. The van der Waals surface area contributed by atoms with Gasteiger partial charge in [-0.25, -0.2) is 18.8 Å². The smallest absolute Gasteiger partial charge is 0.380 e. The van der Waals surface area contributed by atoms with E-state index in [1.54, 1.807) is 0 Å². The lowest BCUT2D eigenvalue weighted by molar-refractivity contribution is -0.248. The molecule has 1 aliphatic rings. The largest absolute Gasteiger partial charge is 0.417 e. The molecule has 2 heterocycles. The first kappa shape index (κ1) is 23.7. The molecule has 1 amide bonds. The lowest BCUT2D eigenvalue weighted by Crippen LogP contribution is -2.52. The summed E-state index contributed by atoms with van der Waals surface area (Å²) in [6, 6.07) is 2.91. The highest BCUT2D eigenvalue weighted by Crippen LogP contribution is 2.42. The minimum atomic E-state index is -4.75. The number of halogens is 8. The van der Waals surface area contributed by atoms with Crippen molar-refractivity contribution in [3.8, 4) is 0 Å². The van der Waals surface area contributed by atoms with Crippen LogP contribution in [0.2, 0.25) is 5.02 Å². The molecule has 0 fully saturated rings. The zero-order valence-corrected chi connectivity index (χ0v) is 16.5. The topological polar surface area (TPSA) is 89.6 Å². The van der Waals surface area contributed by atoms with Gasteiger partial charge in [0.05, 0.1) is 16.1 Å². The molecule has 0 aliphatic carbocycles. The summed E-state index contributed by atoms with van der Waals surface area (Å²) in [5, 5.41) is 1.53. The van der Waals surface area contributed by atoms with Crippen molar-refractivity contribution in [2.75, 3.05) is 5.32 Å². The third-order valence-electron chi connectivity index (χ3n) is 4.43. The Morgan fingerprint density at radius 3 is 2.50 bits per heavy atom. The van der Waals surface area contributed by atoms with E-state index in [4.69, 9.17) is 17.3 Å². The summed E-state index contributed by atoms with van der Waals surface area (Å²) in [6.07, 6.45) is -10.4. The fourth-order valence-electron chi connectivity index (χ4n) is 2.79. The number of amides is 1. The fraction of sp³-hybridized carbons (Fsp3) is 0.278. The van der Waals surface area contributed by atoms with Gasteiger partial charge in [0.25, 0.3) is 11.7 Å². The van der Waals surface area contributed by atoms with Gasteiger partial charge >= 0.3 is 12.3 Å². The minimum absolute atomic E-state index is 0.264. The van der Waals surface area contributed by atoms with Crippen LogP contribution in [0.25, 0.3) is 0 Å². The maximum atomic E-state index is 15.4. The number of hydrogen-bond donors (Lipinski definition) is 2. The molecule has 0 saturated heterocycles. The van der Waals surface area contributed by atoms with Crippen molar-refractivity contribution in [1.29, 1.82) is 0 Å². The highest BCUT2D eigenvalue weighted by molar-refractivity contribution is 6.34. The number of rotatable bonds is 3. The third kappa shape index (κ3) is 4.35. The number of alkyl halides is 6. The normalized spacial score (nSPS) is 22.9. The fourth-order valence-corrected chi connectivity index (χ4v) is 3.05. The van der Waals surface area contributed by atoms with Gasteiger partial charge < -0.3 is 15.8 Å². The van der Waals surface area contributed by atoms with Crippen LogP contribution in [-0.2, 0) is 16.7 Å². The molecule has 2 atom stereocenters. The van der Waals surface area contributed by atoms with Crippen LogP contribution in [0.1, 0.15) is 28.5 Å². The molecule has 6 nitrogen and oxygen atoms in total. The van der Waals surface area contributed by atoms with E-state index in [9.17, 15) is 31.1 Å². The van der Waals surface area contributed by atoms with E-state index in [1.807, 2.05) is 0 Å². The van der Waals surface area contributed by atoms with Gasteiger partial charge in [-0.05, 0) is 31.2 Å². The Labute approximate surface area is 180 Å². The van der Waals surface area contributed by atoms with E-state index in [1.165, 1.54) is 0 Å². The van der Waals surface area contributed by atoms with Crippen LogP contribution < -0.4 is 11.1 Å². The first-order valence-electron chi connectivity index (χ1n) is 8.59. The third-order valence-corrected chi connectivity index (χ3v) is 4.72. The van der Waals surface area contributed by atoms with Gasteiger partial charge in [-0.1, -0.05) is 11.6 Å². The Hall–Kier alpha value is -2.93. The van der Waals surface area contributed by atoms with Crippen LogP contribution in [0.5, 0.6) is 0 Å². The van der Waals surface area contributed by atoms with E-state index in [2.05, 4.69) is 20.0 Å². The van der Waals surface area contributed by atoms with Gasteiger partial charge in [0.1, 0.15) is 17.6 Å². The number of aromatic nitrogens is 1. The van der Waals surface area contributed by atoms with E-state index in [0.717, 1.165) is 19.1 Å². The number of pyridine rings is 1. The van der Waals surface area contributed by atoms with E-state index < -0.39 is 63.6 Å². The van der Waals surface area contributed by atoms with Gasteiger partial charge in [-0.15, -0.1) is 0 Å². The van der Waals surface area contributed by atoms with Gasteiger partial charge in [0.15, 0.2) is 5.84 Å². The number of nitrogens with zero attached hydrogens (tertiary/aromatic N) is 2. The Kier molecular flexibility index (Phi) is 5.85. The Balaban J connectivity index is 1.93. The molecule has 0 spiro atoms. The number of hydrogen-bond acceptors (Lipinski definition) is 5. The summed E-state index contributed by atoms with van der Waals surface area (Å²) in [6.45, 7) is 0.875. The molecular weight excluding hydrogens is 473 g/mol. The summed E-state index contributed by atoms with van der Waals surface area (Å²) < 4.78 is 99.1. The number of carbonyl (C=O) groups excluding carboxylic acids is 1. The molecule has 172 valence electrons. The number of carbonyl (C=O) groups is 1. The van der Waals surface area contributed by atoms with Crippen LogP contribution >= 0.6 is 11.6 Å². The van der Waals surface area contributed by atoms with Gasteiger partial charge in [0.2, 0.25) is 0 Å². The van der Waals surface area contributed by atoms with Crippen LogP contribution in [-0.4, -0.2) is 28.9 Å². The second-order valence-corrected chi connectivity index (χ2v) is 7.06. The summed E-state index contributed by atoms with van der Waals surface area (Å²) >= 11 is 5.70. The SMILES string of the molecule is CC1OC(F)(F)C(N)=NC1(F)c1cc(NC(=O)c2ncc(C(F)(F)F)cc2Cl)ccc1F. The number of benzene rings is 1. The number of anilines is 1. The molecule has 0 radical (unpaired) electrons. The van der Waals surface area contributed by atoms with Gasteiger partial charge in [-0.2, -0.15) is 22.0 Å². The summed E-state index contributed by atoms with van der Waals surface area (Å²) in [7, 11) is 0. The molecule has 2 unspecified atom stereocenters. The number of nitrogens with two attached hydrogens (primary N) is 1. The molecule has 32 heavy (non-hydrogen) atoms. The molecule has 1 aromatic heterocycles. The van der Waals surface area contributed by atoms with E-state index in [-0.39, 0.29) is 5.69 Å². The quantitative estimate of drug-likeness (QED) is 0.491. The first-order valence-corrected chi connectivity index (χ1v) is 8.97. The van der Waals surface area contributed by atoms with Crippen molar-refractivity contribution in [2.45, 2.75) is 31.1 Å². The Morgan fingerprint density at radius 2 is 1.91 bits per heavy atom. The van der Waals surface area contributed by atoms with Crippen molar-refractivity contribution < 1.29 is 40.3 Å². The molecule has 1 aromatic carbocycles. The maximum absolute atomic E-state index is 15.4. The van der Waals surface area contributed by atoms with Gasteiger partial charge in [-0.3, -0.25) is 4.79 Å². The van der Waals surface area contributed by atoms with Crippen LogP contribution in [0, 0.1) is 5.82 Å². The van der Waals surface area contributed by atoms with Crippen molar-refractivity contribution in [3.63, 3.8) is 0 Å². The zero-order chi connectivity index (χ0) is 24.1. The second-order valence-electron chi connectivity index (χ2n) is 6.65. The first-order chi connectivity index (χ1) is 14.6. The van der Waals surface area contributed by atoms with Crippen molar-refractivity contribution in [2.24, 2.45) is 10.7 Å². The Bertz CT molecular complexity index is 1110. The van der Waals surface area contributed by atoms with Crippen molar-refractivity contribution >= 4 is 29.0 Å². The van der Waals surface area contributed by atoms with E-state index in [0.29, 0.717) is 18.3 Å². The van der Waals surface area contributed by atoms with Crippen LogP contribution in [0.4, 0.5) is 36.4 Å². The van der Waals surface area contributed by atoms with Crippen LogP contribution in [0.15, 0.2) is 35.5 Å². The lowest BCUT2D eigenvalue weighted by atomic mass is 9.97. The summed E-state index contributed by atoms with van der Waals surface area (Å²) in [5.74, 6) is -7.00. The molecule has 0 saturated carbocycles. The van der Waals surface area contributed by atoms with Gasteiger partial charge in [0, 0.05) is 11.9 Å². The van der Waals surface area contributed by atoms with E-state index >= 15 is 4.39 Å². The standard InChI is InChI=1S/C18H12ClF7N4O2/c1-7-16(21,30-15(27)18(25,26)32-7)10-5-9(2-3-12(10)20)29-14(31)13-11(19)4-8(6-28-13)17(22,23)24/h2-7H,1H3,(H2,27,30)(H,29,31). The molecule has 3 rings (SSSR count). The lowest BCUT2D eigenvalue weighted by Gasteiger charge is -2.36. The zero-order valence-electron chi connectivity index (χ0n) is 15.8. The summed E-state index contributed by atoms with van der Waals surface area (Å²) in [4.78, 5) is 18.8. The molecular formula is C18H12ClF7N4O2. The molecule has 2 aromatic rings. The predicted molar refractivity (Wildman–Crippen MR) is 98.5 cm³/mol. The van der Waals surface area contributed by atoms with Crippen molar-refractivity contribution in [3.05, 3.63) is 58.1 Å². The number of aliphatic imine (C=N–C) groups is 1. The van der Waals surface area contributed by atoms with Crippen LogP contribution in [0.3, 0.4) is 0 Å². The summed E-state index contributed by atoms with van der Waals surface area (Å²) in [5.41, 5.74) is 2.09. The molecule has 1 aliphatic heterocycles. The van der Waals surface area contributed by atoms with Crippen molar-refractivity contribution in [1.82, 2.24) is 4.98 Å². The molecule has 3 N–H and O–H groups in total. The monoisotopic (exact) mass is 484 g/mol. The highest BCUT2D eigenvalue weighted by Gasteiger charge is 2.53. The number of amidine groups is 1. The second kappa shape index (κ2) is 7.89. The minimum Gasteiger partial charge on any atom is -0.380 e. The number of nitrogens with one attached hydrogen (secondary N) is 1. The maximum Gasteiger partial charge on any atom is 0.417 e. The highest BCUT2D eigenvalue weighted by atomic mass is 35.5. The predicted octanol–water partition coefficient (Wildman–Crippen LogP) is 4.64.